The van der Waals surface area contributed by atoms with Gasteiger partial charge in [-0.05, 0) is 75.2 Å². The Kier molecular flexibility index (Phi) is 8.95. The molecule has 2 unspecified atom stereocenters. The Balaban J connectivity index is 1.16. The maximum Gasteiger partial charge on any atom is 0.403 e. The largest absolute Gasteiger partial charge is 0.508 e. The van der Waals surface area contributed by atoms with Crippen molar-refractivity contribution in [3.05, 3.63) is 41.5 Å². The van der Waals surface area contributed by atoms with Crippen LogP contribution in [-0.4, -0.2) is 95.8 Å². The predicted molar refractivity (Wildman–Crippen MR) is 186 cm³/mol. The first kappa shape index (κ1) is 37.2. The number of phenols is 1. The number of terminal acetylenes is 1. The smallest absolute Gasteiger partial charge is 0.403 e. The van der Waals surface area contributed by atoms with Crippen LogP contribution in [0, 0.1) is 34.8 Å². The van der Waals surface area contributed by atoms with Gasteiger partial charge in [-0.2, -0.15) is 36.3 Å². The van der Waals surface area contributed by atoms with E-state index < -0.39 is 60.7 Å². The molecule has 0 spiro atoms. The molecule has 2 N–H and O–H groups in total. The number of aromatic hydroxyl groups is 1. The number of halogens is 8. The van der Waals surface area contributed by atoms with E-state index >= 15 is 4.39 Å². The first-order valence-electron chi connectivity index (χ1n) is 17.9. The van der Waals surface area contributed by atoms with Crippen LogP contribution in [0.4, 0.5) is 40.9 Å². The number of anilines is 1. The number of piperazine rings is 1. The Morgan fingerprint density at radius 1 is 0.945 bits per heavy atom. The molecule has 0 amide bonds. The van der Waals surface area contributed by atoms with E-state index in [4.69, 9.17) is 20.9 Å². The third-order valence-corrected chi connectivity index (χ3v) is 11.7. The van der Waals surface area contributed by atoms with Crippen molar-refractivity contribution in [2.24, 2.45) is 10.8 Å². The number of ether oxygens (including phenoxy) is 2. The van der Waals surface area contributed by atoms with Crippen molar-refractivity contribution in [1.29, 1.82) is 0 Å². The average molecular weight is 777 g/mol. The van der Waals surface area contributed by atoms with Crippen LogP contribution in [0.15, 0.2) is 24.3 Å². The number of nitrogens with one attached hydrogen (secondary N) is 1. The van der Waals surface area contributed by atoms with E-state index in [2.05, 4.69) is 21.2 Å². The first-order chi connectivity index (χ1) is 26.0. The Hall–Kier alpha value is -4.69. The highest BCUT2D eigenvalue weighted by Gasteiger charge is 2.70. The van der Waals surface area contributed by atoms with E-state index in [0.717, 1.165) is 18.9 Å². The third-order valence-electron chi connectivity index (χ3n) is 11.7. The van der Waals surface area contributed by atoms with Crippen LogP contribution >= 0.6 is 0 Å². The van der Waals surface area contributed by atoms with Crippen molar-refractivity contribution >= 4 is 27.5 Å². The highest BCUT2D eigenvalue weighted by atomic mass is 19.4. The van der Waals surface area contributed by atoms with Gasteiger partial charge in [0.15, 0.2) is 11.2 Å². The summed E-state index contributed by atoms with van der Waals surface area (Å²) in [6.07, 6.45) is -4.31. The number of hydrogen-bond acceptors (Lipinski definition) is 9. The minimum absolute atomic E-state index is 0.0125. The van der Waals surface area contributed by atoms with Crippen molar-refractivity contribution in [1.82, 2.24) is 25.2 Å². The Bertz CT molecular complexity index is 2180. The molecule has 0 radical (unpaired) electrons. The van der Waals surface area contributed by atoms with Gasteiger partial charge < -0.3 is 29.7 Å². The SMILES string of the molecule is C#Cc1c(F)ccc2cc(O)cc(-c3nc(OC)c4c(N5CC6CCC(C5)N6)nc(OCC5(CN6CCC(C(F)(F)F)(C(F)(F)F)CC6)CC5)nc4c3F)c12. The number of aromatic nitrogens is 3. The summed E-state index contributed by atoms with van der Waals surface area (Å²) in [7, 11) is 1.34. The third kappa shape index (κ3) is 6.40. The summed E-state index contributed by atoms with van der Waals surface area (Å²) >= 11 is 0. The standard InChI is InChI=1S/C38H36F8N6O3/c1-3-24-26(39)7-4-20-14-23(53)15-25(27(20)24)30-29(40)31-28(33(48-30)54-2)32(52-16-21-5-6-22(17-52)47-21)50-34(49-31)55-19-35(8-9-35)18-51-12-10-36(11-13-51,37(41,42)43)38(44,45)46/h1,4,7,14-15,21-22,47,53H,5-6,8-13,16-19H2,2H3. The zero-order valence-electron chi connectivity index (χ0n) is 29.6. The van der Waals surface area contributed by atoms with Crippen molar-refractivity contribution in [2.45, 2.75) is 63.0 Å². The summed E-state index contributed by atoms with van der Waals surface area (Å²) in [4.78, 5) is 17.3. The second-order valence-corrected chi connectivity index (χ2v) is 15.2. The molecule has 2 atom stereocenters. The van der Waals surface area contributed by atoms with E-state index in [1.54, 1.807) is 4.90 Å². The van der Waals surface area contributed by atoms with Gasteiger partial charge in [0, 0.05) is 48.1 Å². The van der Waals surface area contributed by atoms with Gasteiger partial charge in [0.05, 0.1) is 19.3 Å². The molecule has 4 aliphatic rings. The van der Waals surface area contributed by atoms with Gasteiger partial charge in [-0.15, -0.1) is 6.42 Å². The maximum atomic E-state index is 17.1. The topological polar surface area (TPSA) is 95.9 Å². The van der Waals surface area contributed by atoms with Gasteiger partial charge in [0.25, 0.3) is 0 Å². The molecule has 4 aromatic rings. The Morgan fingerprint density at radius 3 is 2.22 bits per heavy atom. The molecule has 9 nitrogen and oxygen atoms in total. The van der Waals surface area contributed by atoms with Crippen molar-refractivity contribution in [2.75, 3.05) is 51.3 Å². The fraction of sp³-hybridized carbons (Fsp3) is 0.500. The number of pyridine rings is 1. The Morgan fingerprint density at radius 2 is 1.62 bits per heavy atom. The maximum absolute atomic E-state index is 17.1. The highest BCUT2D eigenvalue weighted by Crippen LogP contribution is 2.57. The van der Waals surface area contributed by atoms with Gasteiger partial charge in [0.2, 0.25) is 5.88 Å². The summed E-state index contributed by atoms with van der Waals surface area (Å²) in [6, 6.07) is 5.19. The number of phenolic OH excluding ortho intramolecular Hbond substituents is 1. The quantitative estimate of drug-likeness (QED) is 0.143. The normalized spacial score (nSPS) is 22.2. The molecule has 4 fully saturated rings. The molecule has 3 saturated heterocycles. The summed E-state index contributed by atoms with van der Waals surface area (Å²) in [5.74, 6) is 0.613. The van der Waals surface area contributed by atoms with E-state index in [0.29, 0.717) is 37.1 Å². The molecule has 1 aliphatic carbocycles. The van der Waals surface area contributed by atoms with E-state index in [1.165, 1.54) is 25.3 Å². The monoisotopic (exact) mass is 776 g/mol. The van der Waals surface area contributed by atoms with Crippen LogP contribution in [0.1, 0.15) is 44.1 Å². The number of rotatable bonds is 8. The minimum atomic E-state index is -5.42. The summed E-state index contributed by atoms with van der Waals surface area (Å²) in [6.45, 7) is 0.440. The van der Waals surface area contributed by atoms with Crippen LogP contribution < -0.4 is 19.7 Å². The molecule has 5 heterocycles. The first-order valence-corrected chi connectivity index (χ1v) is 17.9. The number of methoxy groups -OCH3 is 1. The number of alkyl halides is 6. The van der Waals surface area contributed by atoms with Gasteiger partial charge in [0.1, 0.15) is 34.0 Å². The van der Waals surface area contributed by atoms with Crippen LogP contribution in [0.5, 0.6) is 17.6 Å². The Labute approximate surface area is 310 Å². The molecule has 2 aromatic heterocycles. The van der Waals surface area contributed by atoms with E-state index in [9.17, 15) is 35.8 Å². The summed E-state index contributed by atoms with van der Waals surface area (Å²) < 4.78 is 126. The molecular formula is C38H36F8N6O3. The van der Waals surface area contributed by atoms with Crippen LogP contribution in [-0.2, 0) is 0 Å². The molecule has 2 bridgehead atoms. The van der Waals surface area contributed by atoms with Gasteiger partial charge in [-0.25, -0.2) is 13.8 Å². The second kappa shape index (κ2) is 13.2. The molecule has 292 valence electrons. The van der Waals surface area contributed by atoms with Crippen molar-refractivity contribution in [3.63, 3.8) is 0 Å². The number of benzene rings is 2. The predicted octanol–water partition coefficient (Wildman–Crippen LogP) is 7.13. The van der Waals surface area contributed by atoms with E-state index in [1.807, 2.05) is 4.90 Å². The van der Waals surface area contributed by atoms with Crippen LogP contribution in [0.25, 0.3) is 32.9 Å². The molecule has 55 heavy (non-hydrogen) atoms. The van der Waals surface area contributed by atoms with Crippen molar-refractivity contribution < 1.29 is 49.7 Å². The highest BCUT2D eigenvalue weighted by molar-refractivity contribution is 6.04. The number of nitrogens with zero attached hydrogens (tertiary/aromatic N) is 5. The molecule has 3 aliphatic heterocycles. The lowest BCUT2D eigenvalue weighted by Crippen LogP contribution is -2.56. The lowest BCUT2D eigenvalue weighted by Gasteiger charge is -2.44. The lowest BCUT2D eigenvalue weighted by molar-refractivity contribution is -0.351. The molecule has 8 rings (SSSR count). The van der Waals surface area contributed by atoms with Crippen LogP contribution in [0.2, 0.25) is 0 Å². The fourth-order valence-corrected chi connectivity index (χ4v) is 8.48. The summed E-state index contributed by atoms with van der Waals surface area (Å²) in [5, 5.41) is 14.8. The van der Waals surface area contributed by atoms with Crippen molar-refractivity contribution in [3.8, 4) is 41.2 Å². The number of fused-ring (bicyclic) bond motifs is 4. The zero-order valence-corrected chi connectivity index (χ0v) is 29.6. The molecule has 1 saturated carbocycles. The van der Waals surface area contributed by atoms with E-state index in [-0.39, 0.29) is 76.0 Å². The summed E-state index contributed by atoms with van der Waals surface area (Å²) in [5.41, 5.74) is -5.08. The number of likely N-dealkylation sites (tertiary alicyclic amines) is 1. The average Bonchev–Trinajstić information content (AvgIpc) is 3.82. The number of piperidine rings is 1. The second-order valence-electron chi connectivity index (χ2n) is 15.2. The molecule has 2 aromatic carbocycles. The molecular weight excluding hydrogens is 740 g/mol. The fourth-order valence-electron chi connectivity index (χ4n) is 8.48. The van der Waals surface area contributed by atoms with Crippen LogP contribution in [0.3, 0.4) is 0 Å². The van der Waals surface area contributed by atoms with Gasteiger partial charge in [-0.1, -0.05) is 12.0 Å². The molecule has 17 heteroatoms. The lowest BCUT2D eigenvalue weighted by atomic mass is 9.76. The number of hydrogen-bond donors (Lipinski definition) is 2. The zero-order chi connectivity index (χ0) is 39.1. The minimum Gasteiger partial charge on any atom is -0.508 e. The van der Waals surface area contributed by atoms with Gasteiger partial charge in [-0.3, -0.25) is 0 Å². The van der Waals surface area contributed by atoms with Gasteiger partial charge >= 0.3 is 18.4 Å².